The summed E-state index contributed by atoms with van der Waals surface area (Å²) in [5.74, 6) is -3.67. The number of carbonyl (C=O) groups is 4. The molecule has 6 saturated heterocycles. The van der Waals surface area contributed by atoms with Gasteiger partial charge in [-0.1, -0.05) is 154 Å². The molecular formula is C70H112O25. The van der Waals surface area contributed by atoms with Gasteiger partial charge in [-0.2, -0.15) is 0 Å². The van der Waals surface area contributed by atoms with Crippen LogP contribution in [0.15, 0.2) is 36.4 Å². The molecule has 25 heteroatoms. The van der Waals surface area contributed by atoms with Gasteiger partial charge in [-0.05, 0) is 78.4 Å². The number of hydrogen-bond donors (Lipinski definition) is 7. The summed E-state index contributed by atoms with van der Waals surface area (Å²) in [4.78, 5) is 55.9. The molecule has 0 radical (unpaired) electrons. The summed E-state index contributed by atoms with van der Waals surface area (Å²) in [5, 5.41) is 81.7. The molecule has 0 aromatic heterocycles. The van der Waals surface area contributed by atoms with E-state index >= 15 is 0 Å². The summed E-state index contributed by atoms with van der Waals surface area (Å²) in [6.45, 7) is 15.3. The van der Waals surface area contributed by atoms with Gasteiger partial charge in [0.05, 0.1) is 42.5 Å². The van der Waals surface area contributed by atoms with Gasteiger partial charge in [0.2, 0.25) is 0 Å². The van der Waals surface area contributed by atoms with Crippen LogP contribution in [0, 0.1) is 5.92 Å². The van der Waals surface area contributed by atoms with Crippen LogP contribution >= 0.6 is 0 Å². The smallest absolute Gasteiger partial charge is 0.331 e. The van der Waals surface area contributed by atoms with Crippen LogP contribution in [-0.4, -0.2) is 219 Å². The molecule has 6 heterocycles. The Kier molecular flexibility index (Phi) is 32.4. The Morgan fingerprint density at radius 2 is 1.07 bits per heavy atom. The van der Waals surface area contributed by atoms with Crippen LogP contribution in [0.4, 0.5) is 0 Å². The van der Waals surface area contributed by atoms with Crippen LogP contribution in [0.3, 0.4) is 0 Å². The molecule has 6 aliphatic rings. The molecule has 2 bridgehead atoms. The Hall–Kier alpha value is -3.84. The van der Waals surface area contributed by atoms with Gasteiger partial charge in [-0.3, -0.25) is 14.4 Å². The number of hydrogen-bond acceptors (Lipinski definition) is 25. The quantitative estimate of drug-likeness (QED) is 0.0229. The molecule has 1 aromatic rings. The fourth-order valence-corrected chi connectivity index (χ4v) is 13.0. The number of unbranched alkanes of at least 4 members (excludes halogenated alkanes) is 8. The van der Waals surface area contributed by atoms with Crippen molar-refractivity contribution < 1.29 is 121 Å². The average molecular weight is 1350 g/mol. The Labute approximate surface area is 560 Å². The fraction of sp³-hybridized carbons (Fsp3) is 0.829. The Morgan fingerprint density at radius 3 is 1.77 bits per heavy atom. The molecule has 6 fully saturated rings. The summed E-state index contributed by atoms with van der Waals surface area (Å²) in [6.07, 6.45) is -20.3. The lowest BCUT2D eigenvalue weighted by Gasteiger charge is -2.51. The lowest BCUT2D eigenvalue weighted by molar-refractivity contribution is -0.399. The van der Waals surface area contributed by atoms with E-state index in [1.54, 1.807) is 58.0 Å². The number of carbonyl (C=O) groups excluding carboxylic acids is 4. The van der Waals surface area contributed by atoms with E-state index < -0.39 is 183 Å². The van der Waals surface area contributed by atoms with Gasteiger partial charge in [0, 0.05) is 18.9 Å². The molecule has 95 heavy (non-hydrogen) atoms. The molecule has 1 unspecified atom stereocenters. The van der Waals surface area contributed by atoms with Gasteiger partial charge in [-0.25, -0.2) is 4.79 Å². The number of rotatable bonds is 25. The number of ether oxygens (including phenoxy) is 14. The fourth-order valence-electron chi connectivity index (χ4n) is 13.0. The molecule has 0 amide bonds. The van der Waals surface area contributed by atoms with Crippen molar-refractivity contribution in [3.05, 3.63) is 42.0 Å². The van der Waals surface area contributed by atoms with Gasteiger partial charge in [0.15, 0.2) is 55.9 Å². The third kappa shape index (κ3) is 22.3. The van der Waals surface area contributed by atoms with Crippen LogP contribution in [0.5, 0.6) is 0 Å². The zero-order chi connectivity index (χ0) is 68.9. The third-order valence-electron chi connectivity index (χ3n) is 19.1. The number of esters is 4. The number of fused-ring (bicyclic) bond motifs is 3. The van der Waals surface area contributed by atoms with E-state index in [1.165, 1.54) is 26.8 Å². The molecule has 0 spiro atoms. The van der Waals surface area contributed by atoms with Gasteiger partial charge < -0.3 is 102 Å². The Bertz CT molecular complexity index is 2460. The Balaban J connectivity index is 1.27. The highest BCUT2D eigenvalue weighted by molar-refractivity contribution is 5.87. The van der Waals surface area contributed by atoms with Crippen LogP contribution in [0.2, 0.25) is 0 Å². The monoisotopic (exact) mass is 1350 g/mol. The maximum absolute atomic E-state index is 14.5. The third-order valence-corrected chi connectivity index (χ3v) is 19.1. The summed E-state index contributed by atoms with van der Waals surface area (Å²) in [6, 6.07) is 8.85. The molecule has 542 valence electrons. The van der Waals surface area contributed by atoms with E-state index in [2.05, 4.69) is 13.8 Å². The second-order valence-electron chi connectivity index (χ2n) is 26.8. The number of aliphatic hydroxyl groups excluding tert-OH is 7. The highest BCUT2D eigenvalue weighted by Crippen LogP contribution is 2.40. The van der Waals surface area contributed by atoms with Crippen molar-refractivity contribution in [3.63, 3.8) is 0 Å². The SMILES string of the molecule is CCCCCCCCCC(=O)O[C@H]1[C@H](O[C@@H]2[C@H]3OC(=O)CCCCCCCCCC(CCCCC)O[C@@H]4O[C@H](C)[C@H](O)[C@H](O)[C@H]4O[C@H](O[C@H]2C)[C@@H]3O)O[C@@H](C)[C@H](O[C@@H]2O[C@@H](C)[C@H](OC(=O)[C@@H](C)CC)[C@@H](O)[C@H]2OC(=O)/C=C/c2ccccc2)[C@H]1O[C@@H]1O[C@@H](C)[C@H](O)[C@@H](O)[C@H]1O. The highest BCUT2D eigenvalue weighted by Gasteiger charge is 2.59. The molecule has 0 aliphatic carbocycles. The van der Waals surface area contributed by atoms with Gasteiger partial charge >= 0.3 is 23.9 Å². The molecule has 6 aliphatic heterocycles. The minimum absolute atomic E-state index is 0.0457. The van der Waals surface area contributed by atoms with Crippen molar-refractivity contribution in [1.29, 1.82) is 0 Å². The molecule has 25 nitrogen and oxygen atoms in total. The maximum Gasteiger partial charge on any atom is 0.331 e. The van der Waals surface area contributed by atoms with Gasteiger partial charge in [0.25, 0.3) is 0 Å². The first-order valence-electron chi connectivity index (χ1n) is 35.4. The molecule has 7 rings (SSSR count). The van der Waals surface area contributed by atoms with E-state index in [9.17, 15) is 54.9 Å². The second kappa shape index (κ2) is 39.2. The zero-order valence-corrected chi connectivity index (χ0v) is 57.2. The van der Waals surface area contributed by atoms with Crippen molar-refractivity contribution in [2.45, 2.75) is 363 Å². The topological polar surface area (TPSA) is 339 Å². The van der Waals surface area contributed by atoms with E-state index in [-0.39, 0.29) is 18.9 Å². The first-order chi connectivity index (χ1) is 45.5. The van der Waals surface area contributed by atoms with Crippen molar-refractivity contribution in [2.75, 3.05) is 0 Å². The van der Waals surface area contributed by atoms with Crippen LogP contribution in [-0.2, 0) is 85.5 Å². The van der Waals surface area contributed by atoms with Gasteiger partial charge in [-0.15, -0.1) is 0 Å². The normalized spacial score (nSPS) is 39.1. The highest BCUT2D eigenvalue weighted by atomic mass is 16.8. The predicted octanol–water partition coefficient (Wildman–Crippen LogP) is 6.81. The summed E-state index contributed by atoms with van der Waals surface area (Å²) >= 11 is 0. The van der Waals surface area contributed by atoms with Crippen molar-refractivity contribution >= 4 is 30.0 Å². The summed E-state index contributed by atoms with van der Waals surface area (Å²) in [7, 11) is 0. The largest absolute Gasteiger partial charge is 0.456 e. The van der Waals surface area contributed by atoms with Crippen LogP contribution in [0.25, 0.3) is 6.08 Å². The van der Waals surface area contributed by atoms with Crippen molar-refractivity contribution in [2.24, 2.45) is 5.92 Å². The lowest BCUT2D eigenvalue weighted by atomic mass is 9.95. The zero-order valence-electron chi connectivity index (χ0n) is 57.2. The van der Waals surface area contributed by atoms with E-state index in [4.69, 9.17) is 66.3 Å². The van der Waals surface area contributed by atoms with Crippen LogP contribution < -0.4 is 0 Å². The first-order valence-corrected chi connectivity index (χ1v) is 35.4. The van der Waals surface area contributed by atoms with Crippen molar-refractivity contribution in [1.82, 2.24) is 0 Å². The number of benzene rings is 1. The first kappa shape index (κ1) is 78.5. The summed E-state index contributed by atoms with van der Waals surface area (Å²) in [5.41, 5.74) is 0.645. The Morgan fingerprint density at radius 1 is 0.505 bits per heavy atom. The minimum Gasteiger partial charge on any atom is -0.456 e. The van der Waals surface area contributed by atoms with E-state index in [0.717, 1.165) is 96.0 Å². The second-order valence-corrected chi connectivity index (χ2v) is 26.8. The molecule has 1 aromatic carbocycles. The maximum atomic E-state index is 14.5. The van der Waals surface area contributed by atoms with E-state index in [1.807, 2.05) is 0 Å². The molecule has 0 saturated carbocycles. The standard InChI is InChI=1S/C70H112O25/c1-10-13-15-16-18-22-30-36-48(72)90-64-63(95-66-54(78)52(76)50(74)40(5)82-66)59(93-69-62(89-49(73)38-37-45-31-26-24-27-32-45)55(79)57(42(7)85-69)91-65(81)39(4)12-3)44(9)86-70(64)92-58-43(8)84-67-56(80)60(58)88-47(71)35-29-23-20-17-19-21-28-34-46(33-25-14-11-2)87-68-61(94-67)53(77)51(75)41(6)83-68/h24,26-27,31-32,37-44,46,50-64,66-70,74-80H,10-23,25,28-30,33-36H2,1-9H3/b38-37+/t39-,40-,41+,42-,43-,44-,46?,50-,51-,52+,53-,54+,55+,56+,57-,58-,59-,60-,61+,62+,63+,64+,66-,67-,68-,69-,70-/m0/s1. The van der Waals surface area contributed by atoms with E-state index in [0.29, 0.717) is 44.1 Å². The molecule has 27 atom stereocenters. The molecule has 7 N–H and O–H groups in total. The number of aliphatic hydroxyl groups is 7. The van der Waals surface area contributed by atoms with Crippen LogP contribution in [0.1, 0.15) is 209 Å². The average Bonchev–Trinajstić information content (AvgIpc) is 0.777. The predicted molar refractivity (Wildman–Crippen MR) is 341 cm³/mol. The minimum atomic E-state index is -1.95. The summed E-state index contributed by atoms with van der Waals surface area (Å²) < 4.78 is 89.9. The molecular weight excluding hydrogens is 1240 g/mol. The van der Waals surface area contributed by atoms with Gasteiger partial charge in [0.1, 0.15) is 67.1 Å². The lowest BCUT2D eigenvalue weighted by Crippen LogP contribution is -2.68. The van der Waals surface area contributed by atoms with Crippen molar-refractivity contribution in [3.8, 4) is 0 Å².